The molecule has 0 amide bonds. The molecule has 2 atom stereocenters. The van der Waals surface area contributed by atoms with Gasteiger partial charge in [-0.1, -0.05) is 39.0 Å². The van der Waals surface area contributed by atoms with Crippen molar-refractivity contribution >= 4 is 0 Å². The second-order valence-corrected chi connectivity index (χ2v) is 6.42. The van der Waals surface area contributed by atoms with E-state index in [4.69, 9.17) is 0 Å². The van der Waals surface area contributed by atoms with Gasteiger partial charge in [0.05, 0.1) is 0 Å². The van der Waals surface area contributed by atoms with E-state index in [0.29, 0.717) is 0 Å². The molecule has 0 bridgehead atoms. The first-order chi connectivity index (χ1) is 8.81. The molecule has 0 aromatic rings. The van der Waals surface area contributed by atoms with Gasteiger partial charge in [0.25, 0.3) is 0 Å². The van der Waals surface area contributed by atoms with Gasteiger partial charge in [-0.3, -0.25) is 4.90 Å². The summed E-state index contributed by atoms with van der Waals surface area (Å²) in [5.74, 6) is 0. The largest absolute Gasteiger partial charge is 0.313 e. The molecule has 1 aliphatic heterocycles. The summed E-state index contributed by atoms with van der Waals surface area (Å²) in [4.78, 5) is 2.85. The molecule has 1 saturated heterocycles. The van der Waals surface area contributed by atoms with Gasteiger partial charge in [-0.2, -0.15) is 0 Å². The molecule has 0 aromatic carbocycles. The van der Waals surface area contributed by atoms with E-state index in [-0.39, 0.29) is 0 Å². The molecular formula is C16H32N2. The summed E-state index contributed by atoms with van der Waals surface area (Å²) < 4.78 is 0. The molecule has 2 fully saturated rings. The van der Waals surface area contributed by atoms with Crippen LogP contribution in [0, 0.1) is 0 Å². The Morgan fingerprint density at radius 1 is 1.06 bits per heavy atom. The lowest BCUT2D eigenvalue weighted by Gasteiger charge is -2.36. The molecule has 1 heterocycles. The molecule has 1 aliphatic carbocycles. The smallest absolute Gasteiger partial charge is 0.0195 e. The van der Waals surface area contributed by atoms with Crippen LogP contribution in [0.3, 0.4) is 0 Å². The van der Waals surface area contributed by atoms with E-state index in [1.54, 1.807) is 0 Å². The van der Waals surface area contributed by atoms with E-state index in [2.05, 4.69) is 24.1 Å². The van der Waals surface area contributed by atoms with Crippen LogP contribution in [0.2, 0.25) is 0 Å². The third-order valence-corrected chi connectivity index (χ3v) is 4.92. The van der Waals surface area contributed by atoms with Gasteiger partial charge in [0.2, 0.25) is 0 Å². The minimum absolute atomic E-state index is 0.739. The van der Waals surface area contributed by atoms with E-state index in [1.807, 2.05) is 0 Å². The molecule has 0 radical (unpaired) electrons. The van der Waals surface area contributed by atoms with Crippen LogP contribution in [0.25, 0.3) is 0 Å². The van der Waals surface area contributed by atoms with Crippen molar-refractivity contribution in [2.75, 3.05) is 13.1 Å². The molecule has 1 saturated carbocycles. The van der Waals surface area contributed by atoms with E-state index in [1.165, 1.54) is 70.9 Å². The van der Waals surface area contributed by atoms with Crippen molar-refractivity contribution in [2.24, 2.45) is 0 Å². The first kappa shape index (κ1) is 14.3. The van der Waals surface area contributed by atoms with Gasteiger partial charge in [0, 0.05) is 24.7 Å². The zero-order chi connectivity index (χ0) is 12.8. The van der Waals surface area contributed by atoms with Crippen LogP contribution >= 0.6 is 0 Å². The van der Waals surface area contributed by atoms with Crippen molar-refractivity contribution < 1.29 is 0 Å². The molecule has 1 N–H and O–H groups in total. The van der Waals surface area contributed by atoms with Crippen molar-refractivity contribution in [2.45, 2.75) is 89.8 Å². The van der Waals surface area contributed by atoms with Crippen molar-refractivity contribution in [1.82, 2.24) is 10.2 Å². The van der Waals surface area contributed by atoms with Crippen LogP contribution in [-0.2, 0) is 0 Å². The number of nitrogens with zero attached hydrogens (tertiary/aromatic N) is 1. The second-order valence-electron chi connectivity index (χ2n) is 6.42. The second kappa shape index (κ2) is 7.49. The molecule has 2 nitrogen and oxygen atoms in total. The van der Waals surface area contributed by atoms with Crippen LogP contribution < -0.4 is 5.32 Å². The third-order valence-electron chi connectivity index (χ3n) is 4.92. The molecule has 2 rings (SSSR count). The van der Waals surface area contributed by atoms with Gasteiger partial charge in [-0.25, -0.2) is 0 Å². The lowest BCUT2D eigenvalue weighted by atomic mass is 10.0. The first-order valence-corrected chi connectivity index (χ1v) is 8.30. The van der Waals surface area contributed by atoms with Gasteiger partial charge < -0.3 is 5.32 Å². The molecule has 0 aromatic heterocycles. The average molecular weight is 252 g/mol. The Kier molecular flexibility index (Phi) is 5.97. The summed E-state index contributed by atoms with van der Waals surface area (Å²) in [6, 6.07) is 2.40. The Hall–Kier alpha value is -0.0800. The maximum absolute atomic E-state index is 3.76. The van der Waals surface area contributed by atoms with E-state index < -0.39 is 0 Å². The number of rotatable bonds is 3. The molecule has 106 valence electrons. The summed E-state index contributed by atoms with van der Waals surface area (Å²) >= 11 is 0. The van der Waals surface area contributed by atoms with Crippen molar-refractivity contribution in [1.29, 1.82) is 0 Å². The zero-order valence-corrected chi connectivity index (χ0v) is 12.5. The van der Waals surface area contributed by atoms with Crippen molar-refractivity contribution in [3.8, 4) is 0 Å². The van der Waals surface area contributed by atoms with Gasteiger partial charge in [-0.05, 0) is 39.2 Å². The fraction of sp³-hybridized carbons (Fsp3) is 1.00. The fourth-order valence-corrected chi connectivity index (χ4v) is 3.80. The lowest BCUT2D eigenvalue weighted by Crippen LogP contribution is -2.45. The molecule has 18 heavy (non-hydrogen) atoms. The summed E-state index contributed by atoms with van der Waals surface area (Å²) in [6.07, 6.45) is 12.7. The molecule has 2 heteroatoms. The summed E-state index contributed by atoms with van der Waals surface area (Å²) in [6.45, 7) is 7.27. The highest BCUT2D eigenvalue weighted by molar-refractivity contribution is 4.86. The third kappa shape index (κ3) is 3.96. The Balaban J connectivity index is 1.96. The highest BCUT2D eigenvalue weighted by Gasteiger charge is 2.28. The Morgan fingerprint density at radius 2 is 1.78 bits per heavy atom. The van der Waals surface area contributed by atoms with Crippen LogP contribution in [0.4, 0.5) is 0 Å². The average Bonchev–Trinajstić information content (AvgIpc) is 2.71. The van der Waals surface area contributed by atoms with Crippen LogP contribution in [-0.4, -0.2) is 36.1 Å². The van der Waals surface area contributed by atoms with Gasteiger partial charge >= 0.3 is 0 Å². The molecule has 2 unspecified atom stereocenters. The highest BCUT2D eigenvalue weighted by atomic mass is 15.2. The van der Waals surface area contributed by atoms with E-state index in [9.17, 15) is 0 Å². The van der Waals surface area contributed by atoms with Crippen LogP contribution in [0.15, 0.2) is 0 Å². The zero-order valence-electron chi connectivity index (χ0n) is 12.5. The Labute approximate surface area is 114 Å². The standard InChI is InChI=1S/C16H32N2/c1-3-8-15-13-18(14(2)11-12-17-15)16-9-6-4-5-7-10-16/h14-17H,3-13H2,1-2H3. The highest BCUT2D eigenvalue weighted by Crippen LogP contribution is 2.25. The Morgan fingerprint density at radius 3 is 2.44 bits per heavy atom. The molecule has 2 aliphatic rings. The van der Waals surface area contributed by atoms with Gasteiger partial charge in [0.1, 0.15) is 0 Å². The lowest BCUT2D eigenvalue weighted by molar-refractivity contribution is 0.125. The fourth-order valence-electron chi connectivity index (χ4n) is 3.80. The normalized spacial score (nSPS) is 33.0. The van der Waals surface area contributed by atoms with Crippen molar-refractivity contribution in [3.05, 3.63) is 0 Å². The minimum Gasteiger partial charge on any atom is -0.313 e. The molecular weight excluding hydrogens is 220 g/mol. The number of hydrogen-bond acceptors (Lipinski definition) is 2. The van der Waals surface area contributed by atoms with Crippen LogP contribution in [0.1, 0.15) is 71.6 Å². The number of nitrogens with one attached hydrogen (secondary N) is 1. The topological polar surface area (TPSA) is 15.3 Å². The van der Waals surface area contributed by atoms with Gasteiger partial charge in [-0.15, -0.1) is 0 Å². The quantitative estimate of drug-likeness (QED) is 0.773. The molecule has 0 spiro atoms. The first-order valence-electron chi connectivity index (χ1n) is 8.30. The monoisotopic (exact) mass is 252 g/mol. The van der Waals surface area contributed by atoms with Crippen LogP contribution in [0.5, 0.6) is 0 Å². The Bertz CT molecular complexity index is 221. The predicted octanol–water partition coefficient (Wildman–Crippen LogP) is 3.56. The van der Waals surface area contributed by atoms with Gasteiger partial charge in [0.15, 0.2) is 0 Å². The summed E-state index contributed by atoms with van der Waals surface area (Å²) in [5, 5.41) is 3.76. The SMILES string of the molecule is CCCC1CN(C2CCCCCC2)C(C)CCN1. The predicted molar refractivity (Wildman–Crippen MR) is 79.0 cm³/mol. The van der Waals surface area contributed by atoms with Crippen molar-refractivity contribution in [3.63, 3.8) is 0 Å². The van der Waals surface area contributed by atoms with E-state index >= 15 is 0 Å². The maximum atomic E-state index is 3.76. The maximum Gasteiger partial charge on any atom is 0.0195 e. The minimum atomic E-state index is 0.739. The summed E-state index contributed by atoms with van der Waals surface area (Å²) in [7, 11) is 0. The summed E-state index contributed by atoms with van der Waals surface area (Å²) in [5.41, 5.74) is 0. The van der Waals surface area contributed by atoms with E-state index in [0.717, 1.165) is 18.1 Å². The number of hydrogen-bond donors (Lipinski definition) is 1.